The fourth-order valence-corrected chi connectivity index (χ4v) is 4.64. The number of anilines is 1. The number of hydrogen-bond donors (Lipinski definition) is 3. The normalized spacial score (nSPS) is 16.6. The quantitative estimate of drug-likeness (QED) is 0.463. The number of aromatic nitrogens is 2. The topological polar surface area (TPSA) is 73.0 Å². The van der Waals surface area contributed by atoms with E-state index in [1.165, 1.54) is 0 Å². The first-order valence-corrected chi connectivity index (χ1v) is 11.7. The first kappa shape index (κ1) is 23.1. The molecule has 0 spiro atoms. The summed E-state index contributed by atoms with van der Waals surface area (Å²) in [6.45, 7) is 7.99. The van der Waals surface area contributed by atoms with E-state index in [9.17, 15) is 10.2 Å². The van der Waals surface area contributed by atoms with Gasteiger partial charge >= 0.3 is 0 Å². The fraction of sp³-hybridized carbons (Fsp3) is 0.480. The smallest absolute Gasteiger partial charge is 0.137 e. The number of nitrogens with zero attached hydrogens (tertiary/aromatic N) is 3. The molecule has 0 saturated carbocycles. The van der Waals surface area contributed by atoms with Crippen molar-refractivity contribution in [1.29, 1.82) is 0 Å². The second-order valence-electron chi connectivity index (χ2n) is 9.42. The number of pyridine rings is 1. The Balaban J connectivity index is 1.44. The maximum Gasteiger partial charge on any atom is 0.137 e. The highest BCUT2D eigenvalue weighted by Crippen LogP contribution is 2.35. The molecule has 6 nitrogen and oxygen atoms in total. The average Bonchev–Trinajstić information content (AvgIpc) is 3.10. The van der Waals surface area contributed by atoms with Crippen molar-refractivity contribution in [3.8, 4) is 11.3 Å². The lowest BCUT2D eigenvalue weighted by Gasteiger charge is -2.36. The number of aliphatic hydroxyl groups excluding tert-OH is 1. The molecule has 0 aliphatic carbocycles. The largest absolute Gasteiger partial charge is 0.390 e. The number of benzene rings is 1. The van der Waals surface area contributed by atoms with Crippen LogP contribution in [0, 0.1) is 12.8 Å². The summed E-state index contributed by atoms with van der Waals surface area (Å²) in [7, 11) is 0. The van der Waals surface area contributed by atoms with E-state index in [2.05, 4.69) is 33.7 Å². The maximum absolute atomic E-state index is 10.5. The molecule has 1 aliphatic rings. The van der Waals surface area contributed by atoms with E-state index in [1.807, 2.05) is 30.5 Å². The van der Waals surface area contributed by atoms with E-state index in [1.54, 1.807) is 13.8 Å². The first-order valence-electron chi connectivity index (χ1n) is 11.4. The molecule has 1 unspecified atom stereocenters. The SMILES string of the molecule is Cc1c(-c2cc(N3CCC(C(O)NCCC(C)(C)O)CC3)ccc2Cl)nc2ccccn12. The van der Waals surface area contributed by atoms with E-state index >= 15 is 0 Å². The zero-order chi connectivity index (χ0) is 22.9. The molecule has 1 saturated heterocycles. The molecule has 3 heterocycles. The van der Waals surface area contributed by atoms with Gasteiger partial charge in [-0.1, -0.05) is 17.7 Å². The van der Waals surface area contributed by atoms with Crippen LogP contribution in [0.25, 0.3) is 16.9 Å². The van der Waals surface area contributed by atoms with Crippen molar-refractivity contribution >= 4 is 22.9 Å². The van der Waals surface area contributed by atoms with Crippen LogP contribution in [0.1, 0.15) is 38.8 Å². The van der Waals surface area contributed by atoms with Gasteiger partial charge in [0, 0.05) is 48.7 Å². The van der Waals surface area contributed by atoms with Crippen molar-refractivity contribution in [2.24, 2.45) is 5.92 Å². The van der Waals surface area contributed by atoms with Gasteiger partial charge in [-0.15, -0.1) is 0 Å². The summed E-state index contributed by atoms with van der Waals surface area (Å²) in [5.41, 5.74) is 4.24. The monoisotopic (exact) mass is 456 g/mol. The molecular weight excluding hydrogens is 424 g/mol. The molecule has 3 N–H and O–H groups in total. The highest BCUT2D eigenvalue weighted by Gasteiger charge is 2.26. The lowest BCUT2D eigenvalue weighted by atomic mass is 9.94. The Labute approximate surface area is 194 Å². The Morgan fingerprint density at radius 2 is 1.97 bits per heavy atom. The van der Waals surface area contributed by atoms with Gasteiger partial charge in [0.1, 0.15) is 11.9 Å². The summed E-state index contributed by atoms with van der Waals surface area (Å²) < 4.78 is 2.08. The number of hydrogen-bond acceptors (Lipinski definition) is 5. The highest BCUT2D eigenvalue weighted by atomic mass is 35.5. The van der Waals surface area contributed by atoms with Crippen LogP contribution in [0.5, 0.6) is 0 Å². The van der Waals surface area contributed by atoms with Gasteiger partial charge in [0.15, 0.2) is 0 Å². The van der Waals surface area contributed by atoms with E-state index < -0.39 is 11.8 Å². The van der Waals surface area contributed by atoms with Gasteiger partial charge in [-0.3, -0.25) is 5.32 Å². The van der Waals surface area contributed by atoms with Crippen LogP contribution in [0.2, 0.25) is 5.02 Å². The van der Waals surface area contributed by atoms with Gasteiger partial charge in [-0.25, -0.2) is 4.98 Å². The Kier molecular flexibility index (Phi) is 6.77. The molecule has 4 rings (SSSR count). The van der Waals surface area contributed by atoms with Crippen LogP contribution in [-0.2, 0) is 0 Å². The van der Waals surface area contributed by atoms with Crippen molar-refractivity contribution in [2.45, 2.75) is 51.9 Å². The van der Waals surface area contributed by atoms with E-state index in [4.69, 9.17) is 16.6 Å². The second-order valence-corrected chi connectivity index (χ2v) is 9.83. The summed E-state index contributed by atoms with van der Waals surface area (Å²) in [6.07, 6.45) is 3.90. The molecule has 1 aromatic carbocycles. The van der Waals surface area contributed by atoms with Gasteiger partial charge in [0.2, 0.25) is 0 Å². The van der Waals surface area contributed by atoms with Gasteiger partial charge in [0.05, 0.1) is 16.3 Å². The minimum atomic E-state index is -0.721. The number of imidazole rings is 1. The number of piperidine rings is 1. The lowest BCUT2D eigenvalue weighted by Crippen LogP contribution is -2.44. The van der Waals surface area contributed by atoms with Gasteiger partial charge in [-0.05, 0) is 70.4 Å². The van der Waals surface area contributed by atoms with Crippen LogP contribution in [0.3, 0.4) is 0 Å². The highest BCUT2D eigenvalue weighted by molar-refractivity contribution is 6.33. The zero-order valence-electron chi connectivity index (χ0n) is 19.1. The molecular formula is C25H33ClN4O2. The Hall–Kier alpha value is -2.12. The van der Waals surface area contributed by atoms with Crippen LogP contribution >= 0.6 is 11.6 Å². The molecule has 32 heavy (non-hydrogen) atoms. The van der Waals surface area contributed by atoms with Gasteiger partial charge < -0.3 is 19.5 Å². The number of aliphatic hydroxyl groups is 2. The van der Waals surface area contributed by atoms with Crippen molar-refractivity contribution in [1.82, 2.24) is 14.7 Å². The number of nitrogens with one attached hydrogen (secondary N) is 1. The molecule has 0 bridgehead atoms. The number of halogens is 1. The Morgan fingerprint density at radius 3 is 2.66 bits per heavy atom. The number of fused-ring (bicyclic) bond motifs is 1. The lowest BCUT2D eigenvalue weighted by molar-refractivity contribution is 0.0406. The third-order valence-electron chi connectivity index (χ3n) is 6.42. The van der Waals surface area contributed by atoms with Crippen molar-refractivity contribution in [2.75, 3.05) is 24.5 Å². The number of rotatable bonds is 7. The molecule has 1 atom stereocenters. The zero-order valence-corrected chi connectivity index (χ0v) is 19.8. The fourth-order valence-electron chi connectivity index (χ4n) is 4.43. The van der Waals surface area contributed by atoms with Crippen LogP contribution < -0.4 is 10.2 Å². The molecule has 0 amide bonds. The van der Waals surface area contributed by atoms with Crippen LogP contribution in [0.15, 0.2) is 42.6 Å². The Bertz CT molecular complexity index is 1070. The summed E-state index contributed by atoms with van der Waals surface area (Å²) in [4.78, 5) is 7.16. The predicted molar refractivity (Wildman–Crippen MR) is 130 cm³/mol. The van der Waals surface area contributed by atoms with E-state index in [0.29, 0.717) is 18.0 Å². The summed E-state index contributed by atoms with van der Waals surface area (Å²) in [6, 6.07) is 12.1. The summed E-state index contributed by atoms with van der Waals surface area (Å²) in [5, 5.41) is 24.2. The molecule has 0 radical (unpaired) electrons. The minimum Gasteiger partial charge on any atom is -0.390 e. The molecule has 1 aliphatic heterocycles. The molecule has 2 aromatic heterocycles. The van der Waals surface area contributed by atoms with Gasteiger partial charge in [-0.2, -0.15) is 0 Å². The predicted octanol–water partition coefficient (Wildman–Crippen LogP) is 4.25. The maximum atomic E-state index is 10.5. The summed E-state index contributed by atoms with van der Waals surface area (Å²) >= 11 is 6.59. The van der Waals surface area contributed by atoms with Crippen molar-refractivity contribution < 1.29 is 10.2 Å². The molecule has 172 valence electrons. The first-order chi connectivity index (χ1) is 15.2. The van der Waals surface area contributed by atoms with E-state index in [-0.39, 0.29) is 5.92 Å². The van der Waals surface area contributed by atoms with Crippen molar-refractivity contribution in [3.63, 3.8) is 0 Å². The standard InChI is InChI=1S/C25H33ClN4O2/c1-17-23(28-22-6-4-5-13-30(17)22)20-16-19(7-8-21(20)26)29-14-9-18(10-15-29)24(31)27-12-11-25(2,3)32/h4-8,13,16,18,24,27,31-32H,9-12,14-15H2,1-3H3. The van der Waals surface area contributed by atoms with Crippen LogP contribution in [-0.4, -0.2) is 51.1 Å². The number of aryl methyl sites for hydroxylation is 1. The summed E-state index contributed by atoms with van der Waals surface area (Å²) in [5.74, 6) is 0.209. The third-order valence-corrected chi connectivity index (χ3v) is 6.74. The van der Waals surface area contributed by atoms with Gasteiger partial charge in [0.25, 0.3) is 0 Å². The van der Waals surface area contributed by atoms with Crippen molar-refractivity contribution in [3.05, 3.63) is 53.3 Å². The molecule has 1 fully saturated rings. The molecule has 7 heteroatoms. The molecule has 3 aromatic rings. The second kappa shape index (κ2) is 9.40. The third kappa shape index (κ3) is 5.09. The average molecular weight is 457 g/mol. The minimum absolute atomic E-state index is 0.209. The van der Waals surface area contributed by atoms with Crippen LogP contribution in [0.4, 0.5) is 5.69 Å². The van der Waals surface area contributed by atoms with E-state index in [0.717, 1.165) is 54.2 Å². The Morgan fingerprint density at radius 1 is 1.22 bits per heavy atom.